The number of nitrogens with one attached hydrogen (secondary N) is 1. The molecule has 2 saturated carbocycles. The molecular weight excluding hydrogens is 253 g/mol. The number of halogens is 2. The van der Waals surface area contributed by atoms with Crippen molar-refractivity contribution in [3.63, 3.8) is 0 Å². The molecule has 94 valence electrons. The smallest absolute Gasteiger partial charge is 0.0434 e. The maximum Gasteiger partial charge on any atom is 0.0434 e. The van der Waals surface area contributed by atoms with Crippen molar-refractivity contribution in [3.8, 4) is 0 Å². The van der Waals surface area contributed by atoms with Gasteiger partial charge < -0.3 is 5.32 Å². The van der Waals surface area contributed by atoms with E-state index in [1.165, 1.54) is 44.2 Å². The predicted molar refractivity (Wildman–Crippen MR) is 75.0 cm³/mol. The maximum absolute atomic E-state index is 5.94. The molecule has 2 aliphatic carbocycles. The SMILES string of the molecule is Cl.Clc1ccc(C2(NCC3CC3)CCC2)cc1. The fraction of sp³-hybridized carbons (Fsp3) is 0.571. The van der Waals surface area contributed by atoms with E-state index in [4.69, 9.17) is 11.6 Å². The first-order chi connectivity index (χ1) is 7.78. The third kappa shape index (κ3) is 2.78. The molecule has 0 spiro atoms. The van der Waals surface area contributed by atoms with Crippen LogP contribution in [0.15, 0.2) is 24.3 Å². The zero-order chi connectivity index (χ0) is 11.0. The molecule has 17 heavy (non-hydrogen) atoms. The number of hydrogen-bond acceptors (Lipinski definition) is 1. The normalized spacial score (nSPS) is 21.5. The Hall–Kier alpha value is -0.240. The Labute approximate surface area is 114 Å². The number of hydrogen-bond donors (Lipinski definition) is 1. The lowest BCUT2D eigenvalue weighted by Gasteiger charge is -2.43. The van der Waals surface area contributed by atoms with E-state index in [2.05, 4.69) is 17.4 Å². The summed E-state index contributed by atoms with van der Waals surface area (Å²) in [6.45, 7) is 1.20. The van der Waals surface area contributed by atoms with Crippen molar-refractivity contribution in [2.75, 3.05) is 6.54 Å². The highest BCUT2D eigenvalue weighted by molar-refractivity contribution is 6.30. The fourth-order valence-electron chi connectivity index (χ4n) is 2.53. The Morgan fingerprint density at radius 2 is 1.82 bits per heavy atom. The molecule has 0 aliphatic heterocycles. The van der Waals surface area contributed by atoms with Crippen LogP contribution in [0.1, 0.15) is 37.7 Å². The van der Waals surface area contributed by atoms with Crippen LogP contribution in [-0.2, 0) is 5.54 Å². The van der Waals surface area contributed by atoms with Gasteiger partial charge in [-0.2, -0.15) is 0 Å². The van der Waals surface area contributed by atoms with Crippen molar-refractivity contribution in [1.82, 2.24) is 5.32 Å². The molecule has 0 radical (unpaired) electrons. The molecule has 1 aromatic carbocycles. The average Bonchev–Trinajstić information content (AvgIpc) is 3.03. The van der Waals surface area contributed by atoms with Crippen molar-refractivity contribution >= 4 is 24.0 Å². The summed E-state index contributed by atoms with van der Waals surface area (Å²) in [6, 6.07) is 8.38. The summed E-state index contributed by atoms with van der Waals surface area (Å²) in [5.74, 6) is 0.949. The molecule has 0 unspecified atom stereocenters. The summed E-state index contributed by atoms with van der Waals surface area (Å²) in [6.07, 6.45) is 6.75. The molecule has 3 heteroatoms. The number of benzene rings is 1. The van der Waals surface area contributed by atoms with E-state index in [9.17, 15) is 0 Å². The van der Waals surface area contributed by atoms with Gasteiger partial charge in [-0.1, -0.05) is 23.7 Å². The largest absolute Gasteiger partial charge is 0.307 e. The minimum atomic E-state index is 0. The van der Waals surface area contributed by atoms with Crippen LogP contribution in [0, 0.1) is 5.92 Å². The Kier molecular flexibility index (Phi) is 4.02. The van der Waals surface area contributed by atoms with Crippen molar-refractivity contribution in [3.05, 3.63) is 34.9 Å². The van der Waals surface area contributed by atoms with Gasteiger partial charge in [-0.3, -0.25) is 0 Å². The second-order valence-corrected chi connectivity index (χ2v) is 5.70. The van der Waals surface area contributed by atoms with E-state index in [1.54, 1.807) is 0 Å². The quantitative estimate of drug-likeness (QED) is 0.868. The standard InChI is InChI=1S/C14H18ClN.ClH/c15-13-6-4-12(5-7-13)14(8-1-9-14)16-10-11-2-3-11;/h4-7,11,16H,1-3,8-10H2;1H. The zero-order valence-corrected chi connectivity index (χ0v) is 11.5. The Morgan fingerprint density at radius 3 is 2.29 bits per heavy atom. The van der Waals surface area contributed by atoms with Gasteiger partial charge in [-0.25, -0.2) is 0 Å². The second kappa shape index (κ2) is 5.17. The van der Waals surface area contributed by atoms with Crippen molar-refractivity contribution in [1.29, 1.82) is 0 Å². The molecule has 0 heterocycles. The molecule has 0 saturated heterocycles. The molecule has 2 aliphatic rings. The monoisotopic (exact) mass is 271 g/mol. The van der Waals surface area contributed by atoms with Crippen LogP contribution in [-0.4, -0.2) is 6.54 Å². The summed E-state index contributed by atoms with van der Waals surface area (Å²) < 4.78 is 0. The summed E-state index contributed by atoms with van der Waals surface area (Å²) in [5.41, 5.74) is 1.69. The van der Waals surface area contributed by atoms with Crippen molar-refractivity contribution in [2.24, 2.45) is 5.92 Å². The first kappa shape index (κ1) is 13.2. The van der Waals surface area contributed by atoms with E-state index >= 15 is 0 Å². The molecule has 0 bridgehead atoms. The van der Waals surface area contributed by atoms with E-state index in [-0.39, 0.29) is 17.9 Å². The lowest BCUT2D eigenvalue weighted by Crippen LogP contribution is -2.48. The first-order valence-electron chi connectivity index (χ1n) is 6.30. The van der Waals surface area contributed by atoms with E-state index < -0.39 is 0 Å². The molecule has 3 rings (SSSR count). The van der Waals surface area contributed by atoms with E-state index in [0.29, 0.717) is 0 Å². The summed E-state index contributed by atoms with van der Waals surface area (Å²) in [4.78, 5) is 0. The topological polar surface area (TPSA) is 12.0 Å². The van der Waals surface area contributed by atoms with Gasteiger partial charge >= 0.3 is 0 Å². The second-order valence-electron chi connectivity index (χ2n) is 5.27. The molecule has 0 aromatic heterocycles. The van der Waals surface area contributed by atoms with Gasteiger partial charge in [0, 0.05) is 10.6 Å². The molecule has 1 nitrogen and oxygen atoms in total. The zero-order valence-electron chi connectivity index (χ0n) is 9.92. The highest BCUT2D eigenvalue weighted by atomic mass is 35.5. The van der Waals surface area contributed by atoms with Crippen LogP contribution >= 0.6 is 24.0 Å². The lowest BCUT2D eigenvalue weighted by molar-refractivity contribution is 0.184. The first-order valence-corrected chi connectivity index (χ1v) is 6.67. The summed E-state index contributed by atoms with van der Waals surface area (Å²) >= 11 is 5.94. The highest BCUT2D eigenvalue weighted by Crippen LogP contribution is 2.42. The molecule has 2 fully saturated rings. The Bertz CT molecular complexity index is 366. The fourth-order valence-corrected chi connectivity index (χ4v) is 2.65. The summed E-state index contributed by atoms with van der Waals surface area (Å²) in [5, 5.41) is 4.62. The van der Waals surface area contributed by atoms with Gasteiger partial charge in [0.1, 0.15) is 0 Å². The minimum Gasteiger partial charge on any atom is -0.307 e. The Balaban J connectivity index is 0.00000108. The highest BCUT2D eigenvalue weighted by Gasteiger charge is 2.39. The maximum atomic E-state index is 5.94. The lowest BCUT2D eigenvalue weighted by atomic mass is 9.72. The van der Waals surface area contributed by atoms with Gasteiger partial charge in [0.15, 0.2) is 0 Å². The van der Waals surface area contributed by atoms with E-state index in [1.807, 2.05) is 12.1 Å². The minimum absolute atomic E-state index is 0. The molecular formula is C14H19Cl2N. The molecule has 0 atom stereocenters. The average molecular weight is 272 g/mol. The van der Waals surface area contributed by atoms with Crippen LogP contribution in [0.3, 0.4) is 0 Å². The predicted octanol–water partition coefficient (Wildman–Crippen LogP) is 4.14. The van der Waals surface area contributed by atoms with Gasteiger partial charge in [0.25, 0.3) is 0 Å². The van der Waals surface area contributed by atoms with Crippen LogP contribution in [0.2, 0.25) is 5.02 Å². The van der Waals surface area contributed by atoms with Gasteiger partial charge in [-0.05, 0) is 62.3 Å². The van der Waals surface area contributed by atoms with Crippen LogP contribution < -0.4 is 5.32 Å². The molecule has 0 amide bonds. The van der Waals surface area contributed by atoms with Gasteiger partial charge in [0.2, 0.25) is 0 Å². The number of rotatable bonds is 4. The summed E-state index contributed by atoms with van der Waals surface area (Å²) in [7, 11) is 0. The van der Waals surface area contributed by atoms with Gasteiger partial charge in [-0.15, -0.1) is 12.4 Å². The van der Waals surface area contributed by atoms with Crippen LogP contribution in [0.5, 0.6) is 0 Å². The van der Waals surface area contributed by atoms with Crippen molar-refractivity contribution in [2.45, 2.75) is 37.6 Å². The van der Waals surface area contributed by atoms with Gasteiger partial charge in [0.05, 0.1) is 0 Å². The molecule has 1 aromatic rings. The van der Waals surface area contributed by atoms with E-state index in [0.717, 1.165) is 10.9 Å². The van der Waals surface area contributed by atoms with Crippen LogP contribution in [0.25, 0.3) is 0 Å². The third-order valence-electron chi connectivity index (χ3n) is 4.03. The Morgan fingerprint density at radius 1 is 1.18 bits per heavy atom. The molecule has 1 N–H and O–H groups in total. The third-order valence-corrected chi connectivity index (χ3v) is 4.28. The van der Waals surface area contributed by atoms with Crippen molar-refractivity contribution < 1.29 is 0 Å². The van der Waals surface area contributed by atoms with Crippen LogP contribution in [0.4, 0.5) is 0 Å².